The Labute approximate surface area is 148 Å². The predicted molar refractivity (Wildman–Crippen MR) is 102 cm³/mol. The van der Waals surface area contributed by atoms with Gasteiger partial charge in [-0.3, -0.25) is 4.57 Å². The molecule has 0 saturated carbocycles. The van der Waals surface area contributed by atoms with Crippen molar-refractivity contribution in [3.05, 3.63) is 77.0 Å². The van der Waals surface area contributed by atoms with E-state index in [4.69, 9.17) is 4.98 Å². The van der Waals surface area contributed by atoms with Crippen LogP contribution in [0.15, 0.2) is 71.2 Å². The Morgan fingerprint density at radius 1 is 0.833 bits per heavy atom. The van der Waals surface area contributed by atoms with Crippen LogP contribution in [-0.4, -0.2) is 9.55 Å². The lowest BCUT2D eigenvalue weighted by Gasteiger charge is -2.33. The molecule has 1 aromatic heterocycles. The third-order valence-electron chi connectivity index (χ3n) is 4.50. The van der Waals surface area contributed by atoms with Gasteiger partial charge in [0.15, 0.2) is 0 Å². The molecule has 0 N–H and O–H groups in total. The van der Waals surface area contributed by atoms with Crippen molar-refractivity contribution < 1.29 is 0 Å². The van der Waals surface area contributed by atoms with Crippen molar-refractivity contribution in [1.82, 2.24) is 9.55 Å². The van der Waals surface area contributed by atoms with E-state index in [0.29, 0.717) is 0 Å². The number of para-hydroxylation sites is 2. The van der Waals surface area contributed by atoms with Gasteiger partial charge in [0, 0.05) is 10.2 Å². The summed E-state index contributed by atoms with van der Waals surface area (Å²) in [5.74, 6) is 1.01. The zero-order chi connectivity index (χ0) is 16.3. The molecular formula is C20H14BrN3. The lowest BCUT2D eigenvalue weighted by molar-refractivity contribution is 0.981. The molecule has 0 aliphatic carbocycles. The quantitative estimate of drug-likeness (QED) is 0.364. The fourth-order valence-corrected chi connectivity index (χ4v) is 3.90. The highest BCUT2D eigenvalue weighted by molar-refractivity contribution is 9.10. The fourth-order valence-electron chi connectivity index (χ4n) is 3.55. The summed E-state index contributed by atoms with van der Waals surface area (Å²) < 4.78 is 3.32. The molecule has 116 valence electrons. The molecule has 0 amide bonds. The molecule has 0 spiro atoms. The molecule has 4 aromatic rings. The minimum absolute atomic E-state index is 1.01. The second kappa shape index (κ2) is 4.95. The number of benzene rings is 3. The number of hydrogen-bond donors (Lipinski definition) is 0. The summed E-state index contributed by atoms with van der Waals surface area (Å²) in [5.41, 5.74) is 6.80. The van der Waals surface area contributed by atoms with E-state index in [9.17, 15) is 0 Å². The molecule has 0 radical (unpaired) electrons. The Kier molecular flexibility index (Phi) is 2.85. The van der Waals surface area contributed by atoms with Crippen LogP contribution in [0.2, 0.25) is 0 Å². The number of halogens is 1. The molecule has 3 aromatic carbocycles. The largest absolute Gasteiger partial charge is 0.306 e. The smallest absolute Gasteiger partial charge is 0.111 e. The van der Waals surface area contributed by atoms with Crippen molar-refractivity contribution in [2.75, 3.05) is 4.90 Å². The zero-order valence-electron chi connectivity index (χ0n) is 13.1. The maximum Gasteiger partial charge on any atom is 0.111 e. The average Bonchev–Trinajstić information content (AvgIpc) is 2.94. The molecule has 5 rings (SSSR count). The van der Waals surface area contributed by atoms with Gasteiger partial charge in [-0.1, -0.05) is 40.2 Å². The van der Waals surface area contributed by atoms with Crippen molar-refractivity contribution in [3.8, 4) is 5.69 Å². The first kappa shape index (κ1) is 13.8. The second-order valence-electron chi connectivity index (χ2n) is 5.94. The van der Waals surface area contributed by atoms with Gasteiger partial charge in [0.1, 0.15) is 5.82 Å². The summed E-state index contributed by atoms with van der Waals surface area (Å²) in [4.78, 5) is 7.07. The van der Waals surface area contributed by atoms with E-state index in [0.717, 1.165) is 44.1 Å². The fraction of sp³-hybridized carbons (Fsp3) is 0.0500. The molecule has 0 saturated heterocycles. The zero-order valence-corrected chi connectivity index (χ0v) is 14.7. The topological polar surface area (TPSA) is 21.1 Å². The van der Waals surface area contributed by atoms with Gasteiger partial charge < -0.3 is 4.90 Å². The number of nitrogens with zero attached hydrogens (tertiary/aromatic N) is 3. The molecular weight excluding hydrogens is 362 g/mol. The van der Waals surface area contributed by atoms with Crippen LogP contribution in [0.3, 0.4) is 0 Å². The first-order valence-electron chi connectivity index (χ1n) is 7.87. The highest BCUT2D eigenvalue weighted by atomic mass is 79.9. The van der Waals surface area contributed by atoms with Gasteiger partial charge in [0.25, 0.3) is 0 Å². The maximum atomic E-state index is 4.76. The Hall–Kier alpha value is -2.59. The van der Waals surface area contributed by atoms with Gasteiger partial charge in [0.2, 0.25) is 0 Å². The Balaban J connectivity index is 1.95. The minimum Gasteiger partial charge on any atom is -0.306 e. The summed E-state index contributed by atoms with van der Waals surface area (Å²) in [5, 5.41) is 0. The lowest BCUT2D eigenvalue weighted by atomic mass is 10.1. The lowest BCUT2D eigenvalue weighted by Crippen LogP contribution is -2.18. The van der Waals surface area contributed by atoms with Crippen LogP contribution < -0.4 is 4.90 Å². The summed E-state index contributed by atoms with van der Waals surface area (Å²) in [6.07, 6.45) is 0. The van der Waals surface area contributed by atoms with Gasteiger partial charge in [-0.2, -0.15) is 0 Å². The van der Waals surface area contributed by atoms with E-state index in [1.165, 1.54) is 0 Å². The van der Waals surface area contributed by atoms with E-state index >= 15 is 0 Å². The van der Waals surface area contributed by atoms with Crippen molar-refractivity contribution in [1.29, 1.82) is 0 Å². The second-order valence-corrected chi connectivity index (χ2v) is 6.86. The van der Waals surface area contributed by atoms with Crippen LogP contribution in [0.25, 0.3) is 16.7 Å². The molecule has 3 nitrogen and oxygen atoms in total. The molecule has 2 heterocycles. The average molecular weight is 376 g/mol. The first-order chi connectivity index (χ1) is 11.7. The van der Waals surface area contributed by atoms with Crippen molar-refractivity contribution in [3.63, 3.8) is 0 Å². The van der Waals surface area contributed by atoms with Crippen molar-refractivity contribution >= 4 is 44.0 Å². The maximum absolute atomic E-state index is 4.76. The van der Waals surface area contributed by atoms with Crippen LogP contribution >= 0.6 is 15.9 Å². The van der Waals surface area contributed by atoms with Gasteiger partial charge in [-0.15, -0.1) is 0 Å². The predicted octanol–water partition coefficient (Wildman–Crippen LogP) is 5.88. The molecule has 0 fully saturated rings. The number of hydrogen-bond acceptors (Lipinski definition) is 2. The molecule has 4 heteroatoms. The van der Waals surface area contributed by atoms with Crippen LogP contribution in [0.5, 0.6) is 0 Å². The Bertz CT molecular complexity index is 1080. The van der Waals surface area contributed by atoms with E-state index in [1.807, 2.05) is 6.07 Å². The number of anilines is 3. The summed E-state index contributed by atoms with van der Waals surface area (Å²) in [7, 11) is 0. The number of aryl methyl sites for hydroxylation is 1. The minimum atomic E-state index is 1.01. The van der Waals surface area contributed by atoms with Gasteiger partial charge >= 0.3 is 0 Å². The highest BCUT2D eigenvalue weighted by Crippen LogP contribution is 2.47. The summed E-state index contributed by atoms with van der Waals surface area (Å²) >= 11 is 3.62. The normalized spacial score (nSPS) is 12.5. The molecule has 24 heavy (non-hydrogen) atoms. The Morgan fingerprint density at radius 3 is 2.50 bits per heavy atom. The van der Waals surface area contributed by atoms with Gasteiger partial charge in [-0.05, 0) is 49.4 Å². The highest BCUT2D eigenvalue weighted by Gasteiger charge is 2.27. The monoisotopic (exact) mass is 375 g/mol. The SMILES string of the molecule is Cc1nc2cccc3c2n1-c1ccc(Br)cc1N3c1ccccc1. The van der Waals surface area contributed by atoms with Gasteiger partial charge in [-0.25, -0.2) is 4.98 Å². The van der Waals surface area contributed by atoms with E-state index in [1.54, 1.807) is 0 Å². The van der Waals surface area contributed by atoms with Crippen LogP contribution in [0.4, 0.5) is 17.1 Å². The van der Waals surface area contributed by atoms with Crippen molar-refractivity contribution in [2.45, 2.75) is 6.92 Å². The van der Waals surface area contributed by atoms with E-state index < -0.39 is 0 Å². The van der Waals surface area contributed by atoms with Crippen LogP contribution in [0, 0.1) is 6.92 Å². The number of imidazole rings is 1. The molecule has 1 aliphatic rings. The third kappa shape index (κ3) is 1.80. The third-order valence-corrected chi connectivity index (χ3v) is 4.99. The van der Waals surface area contributed by atoms with Crippen LogP contribution in [0.1, 0.15) is 5.82 Å². The van der Waals surface area contributed by atoms with Gasteiger partial charge in [0.05, 0.1) is 28.1 Å². The molecule has 0 atom stereocenters. The number of rotatable bonds is 1. The first-order valence-corrected chi connectivity index (χ1v) is 8.66. The standard InChI is InChI=1S/C20H14BrN3/c1-13-22-16-8-5-9-18-20(16)23(13)17-11-10-14(21)12-19(17)24(18)15-6-3-2-4-7-15/h2-12H,1H3. The summed E-state index contributed by atoms with van der Waals surface area (Å²) in [6, 6.07) is 23.2. The molecule has 0 bridgehead atoms. The number of fused-ring (bicyclic) bond motifs is 2. The number of aromatic nitrogens is 2. The molecule has 0 unspecified atom stereocenters. The van der Waals surface area contributed by atoms with E-state index in [-0.39, 0.29) is 0 Å². The molecule has 1 aliphatic heterocycles. The summed E-state index contributed by atoms with van der Waals surface area (Å²) in [6.45, 7) is 2.06. The van der Waals surface area contributed by atoms with Crippen molar-refractivity contribution in [2.24, 2.45) is 0 Å². The van der Waals surface area contributed by atoms with E-state index in [2.05, 4.69) is 93.0 Å². The Morgan fingerprint density at radius 2 is 1.67 bits per heavy atom. The van der Waals surface area contributed by atoms with Crippen LogP contribution in [-0.2, 0) is 0 Å².